The zero-order valence-corrected chi connectivity index (χ0v) is 15.2. The van der Waals surface area contributed by atoms with E-state index < -0.39 is 6.10 Å². The number of halogens is 2. The molecule has 1 atom stereocenters. The number of carbonyl (C=O) groups is 2. The van der Waals surface area contributed by atoms with Crippen molar-refractivity contribution in [3.63, 3.8) is 0 Å². The van der Waals surface area contributed by atoms with Gasteiger partial charge in [0.05, 0.1) is 16.4 Å². The molecule has 0 aliphatic carbocycles. The molecule has 1 aliphatic heterocycles. The number of aryl methyl sites for hydroxylation is 1. The fourth-order valence-electron chi connectivity index (χ4n) is 2.60. The number of hydrogen-bond acceptors (Lipinski definition) is 3. The van der Waals surface area contributed by atoms with Gasteiger partial charge in [0.1, 0.15) is 12.3 Å². The molecule has 1 N–H and O–H groups in total. The number of rotatable bonds is 3. The van der Waals surface area contributed by atoms with Crippen molar-refractivity contribution in [3.05, 3.63) is 52.0 Å². The molecule has 0 aromatic heterocycles. The molecule has 2 amide bonds. The van der Waals surface area contributed by atoms with E-state index in [9.17, 15) is 9.59 Å². The Morgan fingerprint density at radius 1 is 1.24 bits per heavy atom. The van der Waals surface area contributed by atoms with E-state index in [-0.39, 0.29) is 18.4 Å². The third kappa shape index (κ3) is 3.72. The molecular weight excluding hydrogens is 363 g/mol. The lowest BCUT2D eigenvalue weighted by molar-refractivity contribution is -0.127. The monoisotopic (exact) mass is 378 g/mol. The normalized spacial score (nSPS) is 16.2. The summed E-state index contributed by atoms with van der Waals surface area (Å²) in [4.78, 5) is 26.3. The lowest BCUT2D eigenvalue weighted by atomic mass is 10.1. The molecule has 3 rings (SSSR count). The molecule has 1 heterocycles. The molecule has 0 radical (unpaired) electrons. The summed E-state index contributed by atoms with van der Waals surface area (Å²) in [6, 6.07) is 10.3. The molecule has 0 saturated heterocycles. The van der Waals surface area contributed by atoms with Crippen molar-refractivity contribution < 1.29 is 14.3 Å². The first kappa shape index (κ1) is 17.6. The second kappa shape index (κ2) is 6.94. The van der Waals surface area contributed by atoms with Crippen molar-refractivity contribution in [2.75, 3.05) is 16.8 Å². The number of hydrogen-bond donors (Lipinski definition) is 1. The van der Waals surface area contributed by atoms with E-state index in [1.165, 1.54) is 4.90 Å². The highest BCUT2D eigenvalue weighted by molar-refractivity contribution is 6.36. The lowest BCUT2D eigenvalue weighted by Crippen LogP contribution is -2.47. The number of ether oxygens (including phenoxy) is 1. The van der Waals surface area contributed by atoms with Crippen molar-refractivity contribution in [1.29, 1.82) is 0 Å². The minimum Gasteiger partial charge on any atom is -0.479 e. The first-order chi connectivity index (χ1) is 11.8. The molecule has 0 fully saturated rings. The molecule has 7 heteroatoms. The van der Waals surface area contributed by atoms with E-state index >= 15 is 0 Å². The van der Waals surface area contributed by atoms with Gasteiger partial charge in [-0.15, -0.1) is 0 Å². The molecule has 1 aliphatic rings. The van der Waals surface area contributed by atoms with Crippen molar-refractivity contribution in [2.45, 2.75) is 20.0 Å². The van der Waals surface area contributed by atoms with Gasteiger partial charge in [-0.05, 0) is 49.7 Å². The number of nitrogens with zero attached hydrogens (tertiary/aromatic N) is 1. The van der Waals surface area contributed by atoms with Gasteiger partial charge in [-0.1, -0.05) is 29.3 Å². The van der Waals surface area contributed by atoms with Crippen LogP contribution in [0.4, 0.5) is 11.4 Å². The van der Waals surface area contributed by atoms with Crippen LogP contribution in [0.25, 0.3) is 0 Å². The number of benzene rings is 2. The van der Waals surface area contributed by atoms with Gasteiger partial charge in [-0.2, -0.15) is 0 Å². The van der Waals surface area contributed by atoms with Crippen LogP contribution in [0.5, 0.6) is 5.75 Å². The Labute approximate surface area is 155 Å². The van der Waals surface area contributed by atoms with E-state index in [0.29, 0.717) is 27.2 Å². The fraction of sp³-hybridized carbons (Fsp3) is 0.222. The Kier molecular flexibility index (Phi) is 4.88. The first-order valence-electron chi connectivity index (χ1n) is 7.69. The van der Waals surface area contributed by atoms with E-state index in [0.717, 1.165) is 5.56 Å². The van der Waals surface area contributed by atoms with Crippen LogP contribution < -0.4 is 15.0 Å². The summed E-state index contributed by atoms with van der Waals surface area (Å²) in [5.41, 5.74) is 1.99. The SMILES string of the molecule is Cc1ccc2c(c1)N(CC(=O)Nc1ccc(Cl)cc1Cl)C(=O)C(C)O2. The summed E-state index contributed by atoms with van der Waals surface area (Å²) in [5.74, 6) is -0.0513. The maximum absolute atomic E-state index is 12.5. The van der Waals surface area contributed by atoms with Crippen LogP contribution in [0.15, 0.2) is 36.4 Å². The van der Waals surface area contributed by atoms with Crippen molar-refractivity contribution in [2.24, 2.45) is 0 Å². The predicted molar refractivity (Wildman–Crippen MR) is 98.7 cm³/mol. The average molecular weight is 379 g/mol. The van der Waals surface area contributed by atoms with Crippen molar-refractivity contribution in [1.82, 2.24) is 0 Å². The third-order valence-corrected chi connectivity index (χ3v) is 4.38. The topological polar surface area (TPSA) is 58.6 Å². The Morgan fingerprint density at radius 3 is 2.72 bits per heavy atom. The van der Waals surface area contributed by atoms with Gasteiger partial charge in [-0.25, -0.2) is 0 Å². The largest absolute Gasteiger partial charge is 0.479 e. The predicted octanol–water partition coefficient (Wildman–Crippen LogP) is 4.05. The molecule has 2 aromatic rings. The van der Waals surface area contributed by atoms with Crippen LogP contribution in [-0.2, 0) is 9.59 Å². The molecule has 5 nitrogen and oxygen atoms in total. The van der Waals surface area contributed by atoms with Gasteiger partial charge in [0.25, 0.3) is 5.91 Å². The summed E-state index contributed by atoms with van der Waals surface area (Å²) in [6.07, 6.45) is -0.651. The van der Waals surface area contributed by atoms with Crippen LogP contribution in [0.3, 0.4) is 0 Å². The van der Waals surface area contributed by atoms with Crippen LogP contribution >= 0.6 is 23.2 Å². The van der Waals surface area contributed by atoms with E-state index in [4.69, 9.17) is 27.9 Å². The van der Waals surface area contributed by atoms with E-state index in [1.54, 1.807) is 31.2 Å². The maximum atomic E-state index is 12.5. The number of nitrogens with one attached hydrogen (secondary N) is 1. The fourth-order valence-corrected chi connectivity index (χ4v) is 3.06. The quantitative estimate of drug-likeness (QED) is 0.875. The van der Waals surface area contributed by atoms with Crippen LogP contribution in [-0.4, -0.2) is 24.5 Å². The van der Waals surface area contributed by atoms with Gasteiger partial charge in [-0.3, -0.25) is 14.5 Å². The first-order valence-corrected chi connectivity index (χ1v) is 8.44. The van der Waals surface area contributed by atoms with Crippen LogP contribution in [0.1, 0.15) is 12.5 Å². The maximum Gasteiger partial charge on any atom is 0.268 e. The highest BCUT2D eigenvalue weighted by Crippen LogP contribution is 2.34. The minimum absolute atomic E-state index is 0.137. The van der Waals surface area contributed by atoms with Gasteiger partial charge in [0.2, 0.25) is 5.91 Å². The molecular formula is C18H16Cl2N2O3. The van der Waals surface area contributed by atoms with Crippen molar-refractivity contribution >= 4 is 46.4 Å². The average Bonchev–Trinajstić information content (AvgIpc) is 2.55. The zero-order valence-electron chi connectivity index (χ0n) is 13.7. The highest BCUT2D eigenvalue weighted by Gasteiger charge is 2.32. The number of amides is 2. The summed E-state index contributed by atoms with van der Waals surface area (Å²) >= 11 is 11.9. The van der Waals surface area contributed by atoms with Crippen molar-refractivity contribution in [3.8, 4) is 5.75 Å². The standard InChI is InChI=1S/C18H16Cl2N2O3/c1-10-3-6-16-15(7-10)22(18(24)11(2)25-16)9-17(23)21-14-5-4-12(19)8-13(14)20/h3-8,11H,9H2,1-2H3,(H,21,23). The lowest BCUT2D eigenvalue weighted by Gasteiger charge is -2.32. The third-order valence-electron chi connectivity index (χ3n) is 3.83. The minimum atomic E-state index is -0.651. The second-order valence-corrected chi connectivity index (χ2v) is 6.67. The smallest absolute Gasteiger partial charge is 0.268 e. The summed E-state index contributed by atoms with van der Waals surface area (Å²) in [5, 5.41) is 3.51. The molecule has 0 saturated carbocycles. The Balaban J connectivity index is 1.82. The summed E-state index contributed by atoms with van der Waals surface area (Å²) < 4.78 is 5.60. The molecule has 0 bridgehead atoms. The zero-order chi connectivity index (χ0) is 18.1. The Morgan fingerprint density at radius 2 is 2.00 bits per heavy atom. The molecule has 1 unspecified atom stereocenters. The Hall–Kier alpha value is -2.24. The van der Waals surface area contributed by atoms with Gasteiger partial charge in [0.15, 0.2) is 6.10 Å². The van der Waals surface area contributed by atoms with E-state index in [2.05, 4.69) is 5.32 Å². The van der Waals surface area contributed by atoms with Crippen LogP contribution in [0.2, 0.25) is 10.0 Å². The highest BCUT2D eigenvalue weighted by atomic mass is 35.5. The Bertz CT molecular complexity index is 854. The summed E-state index contributed by atoms with van der Waals surface area (Å²) in [6.45, 7) is 3.43. The van der Waals surface area contributed by atoms with Gasteiger partial charge < -0.3 is 10.1 Å². The summed E-state index contributed by atoms with van der Waals surface area (Å²) in [7, 11) is 0. The van der Waals surface area contributed by atoms with Gasteiger partial charge in [0, 0.05) is 5.02 Å². The molecule has 25 heavy (non-hydrogen) atoms. The second-order valence-electron chi connectivity index (χ2n) is 5.83. The molecule has 0 spiro atoms. The van der Waals surface area contributed by atoms with Gasteiger partial charge >= 0.3 is 0 Å². The number of carbonyl (C=O) groups excluding carboxylic acids is 2. The number of anilines is 2. The molecule has 130 valence electrons. The van der Waals surface area contributed by atoms with Crippen LogP contribution in [0, 0.1) is 6.92 Å². The number of fused-ring (bicyclic) bond motifs is 1. The molecule has 2 aromatic carbocycles. The van der Waals surface area contributed by atoms with E-state index in [1.807, 2.05) is 19.1 Å².